The molecule has 1 heterocycles. The molecule has 0 spiro atoms. The number of benzene rings is 1. The molecule has 19 heavy (non-hydrogen) atoms. The number of hydrogen-bond donors (Lipinski definition) is 3. The molecule has 0 atom stereocenters. The van der Waals surface area contributed by atoms with Crippen molar-refractivity contribution in [1.29, 1.82) is 0 Å². The Balaban J connectivity index is 3.03. The average molecular weight is 298 g/mol. The summed E-state index contributed by atoms with van der Waals surface area (Å²) >= 11 is 0. The zero-order chi connectivity index (χ0) is 26.1. The van der Waals surface area contributed by atoms with Crippen molar-refractivity contribution >= 4 is 18.7 Å². The third-order valence-electron chi connectivity index (χ3n) is 1.91. The molecule has 0 unspecified atom stereocenters. The van der Waals surface area contributed by atoms with Gasteiger partial charge in [0.2, 0.25) is 0 Å². The lowest BCUT2D eigenvalue weighted by atomic mass is 10.1. The number of nitrogens with one attached hydrogen (secondary N) is 1. The van der Waals surface area contributed by atoms with E-state index in [9.17, 15) is 14.4 Å². The summed E-state index contributed by atoms with van der Waals surface area (Å²) in [6.45, 7) is -11.3. The molecule has 2 aromatic rings. The molecule has 0 amide bonds. The standard InChI is InChI=1S/C12H17N2O4P/c1-14(2)7-6-9-8-13-10-4-3-5-11(12(9)10)18-19(15,16)17/h3-5,8,13H,6-7H2,1-2H3,(H2,15,16,17)/i1D3,2D3,3D,4D,5D,6D2,7D2,8D. The van der Waals surface area contributed by atoms with Gasteiger partial charge in [0, 0.05) is 37.3 Å². The van der Waals surface area contributed by atoms with E-state index < -0.39 is 86.1 Å². The second-order valence-corrected chi connectivity index (χ2v) is 4.40. The Morgan fingerprint density at radius 3 is 3.05 bits per heavy atom. The Kier molecular flexibility index (Phi) is 1.29. The monoisotopic (exact) mass is 298 g/mol. The predicted molar refractivity (Wildman–Crippen MR) is 73.2 cm³/mol. The SMILES string of the molecule is [2H]c1[nH]c2c([2H])c([2H])c([2H])c(OP(=O)(O)O)c2c1C([2H])([2H])C([2H])([2H])N(C([2H])([2H])[2H])C([2H])([2H])[2H]. The number of nitrogens with zero attached hydrogens (tertiary/aromatic N) is 1. The van der Waals surface area contributed by atoms with Crippen molar-refractivity contribution in [2.24, 2.45) is 0 Å². The van der Waals surface area contributed by atoms with Gasteiger partial charge in [-0.1, -0.05) is 6.04 Å². The van der Waals surface area contributed by atoms with Crippen molar-refractivity contribution < 1.29 is 38.1 Å². The minimum atomic E-state index is -5.48. The Labute approximate surface area is 130 Å². The molecule has 0 radical (unpaired) electrons. The molecule has 3 N–H and O–H groups in total. The fourth-order valence-electron chi connectivity index (χ4n) is 1.30. The van der Waals surface area contributed by atoms with E-state index in [0.29, 0.717) is 0 Å². The molecule has 0 saturated carbocycles. The number of phosphoric ester groups is 1. The van der Waals surface area contributed by atoms with Gasteiger partial charge in [-0.3, -0.25) is 9.79 Å². The lowest BCUT2D eigenvalue weighted by Gasteiger charge is -2.11. The third kappa shape index (κ3) is 3.58. The van der Waals surface area contributed by atoms with Gasteiger partial charge in [0.1, 0.15) is 5.75 Å². The Morgan fingerprint density at radius 1 is 1.58 bits per heavy atom. The second-order valence-electron chi connectivity index (χ2n) is 3.23. The van der Waals surface area contributed by atoms with Gasteiger partial charge in [0.15, 0.2) is 0 Å². The molecule has 6 nitrogen and oxygen atoms in total. The first-order chi connectivity index (χ1) is 14.5. The minimum Gasteiger partial charge on any atom is -0.404 e. The summed E-state index contributed by atoms with van der Waals surface area (Å²) in [6.07, 6.45) is -4.76. The maximum absolute atomic E-state index is 11.4. The molecule has 0 bridgehead atoms. The van der Waals surface area contributed by atoms with Crippen molar-refractivity contribution in [3.63, 3.8) is 0 Å². The van der Waals surface area contributed by atoms with Crippen LogP contribution in [0, 0.1) is 0 Å². The lowest BCUT2D eigenvalue weighted by Crippen LogP contribution is -2.14. The van der Waals surface area contributed by atoms with Crippen LogP contribution in [-0.4, -0.2) is 40.1 Å². The van der Waals surface area contributed by atoms with Crippen LogP contribution in [-0.2, 0) is 10.9 Å². The van der Waals surface area contributed by atoms with Crippen molar-refractivity contribution in [3.8, 4) is 5.75 Å². The average Bonchev–Trinajstić information content (AvgIpc) is 2.90. The highest BCUT2D eigenvalue weighted by Crippen LogP contribution is 2.41. The van der Waals surface area contributed by atoms with Crippen molar-refractivity contribution in [2.45, 2.75) is 6.37 Å². The number of aryl methyl sites for hydroxylation is 1. The fourth-order valence-corrected chi connectivity index (χ4v) is 1.68. The number of likely N-dealkylation sites (N-methyl/N-ethyl adjacent to an activating group) is 1. The molecule has 0 aliphatic rings. The molecule has 0 aliphatic carbocycles. The van der Waals surface area contributed by atoms with E-state index in [1.165, 1.54) is 0 Å². The predicted octanol–water partition coefficient (Wildman–Crippen LogP) is 1.74. The number of hydrogen-bond acceptors (Lipinski definition) is 3. The molecular weight excluding hydrogens is 267 g/mol. The van der Waals surface area contributed by atoms with E-state index in [1.807, 2.05) is 0 Å². The van der Waals surface area contributed by atoms with Crippen LogP contribution in [0.15, 0.2) is 24.3 Å². The zero-order valence-electron chi connectivity index (χ0n) is 23.1. The number of phosphoric acid groups is 1. The molecule has 0 fully saturated rings. The van der Waals surface area contributed by atoms with Gasteiger partial charge in [0.05, 0.1) is 5.48 Å². The van der Waals surface area contributed by atoms with Gasteiger partial charge in [-0.05, 0) is 38.0 Å². The van der Waals surface area contributed by atoms with Crippen LogP contribution in [0.5, 0.6) is 5.75 Å². The summed E-state index contributed by atoms with van der Waals surface area (Å²) in [7, 11) is -5.48. The molecule has 104 valence electrons. The van der Waals surface area contributed by atoms with Crippen LogP contribution in [0.2, 0.25) is 0 Å². The topological polar surface area (TPSA) is 85.8 Å². The maximum Gasteiger partial charge on any atom is 0.524 e. The van der Waals surface area contributed by atoms with E-state index in [2.05, 4.69) is 9.51 Å². The maximum atomic E-state index is 11.4. The van der Waals surface area contributed by atoms with E-state index in [4.69, 9.17) is 19.2 Å². The molecular formula is C12H17N2O4P. The second kappa shape index (κ2) is 5.35. The summed E-state index contributed by atoms with van der Waals surface area (Å²) in [4.78, 5) is 19.8. The summed E-state index contributed by atoms with van der Waals surface area (Å²) in [5.74, 6) is -1.18. The molecule has 0 aliphatic heterocycles. The van der Waals surface area contributed by atoms with Gasteiger partial charge in [-0.2, -0.15) is 0 Å². The van der Waals surface area contributed by atoms with Gasteiger partial charge in [-0.25, -0.2) is 4.57 Å². The number of aromatic nitrogens is 1. The Hall–Kier alpha value is -1.33. The third-order valence-corrected chi connectivity index (χ3v) is 2.33. The highest BCUT2D eigenvalue weighted by Gasteiger charge is 2.19. The highest BCUT2D eigenvalue weighted by molar-refractivity contribution is 7.46. The van der Waals surface area contributed by atoms with Gasteiger partial charge >= 0.3 is 7.82 Å². The molecule has 7 heteroatoms. The van der Waals surface area contributed by atoms with E-state index in [1.54, 1.807) is 0 Å². The van der Waals surface area contributed by atoms with Crippen molar-refractivity contribution in [3.05, 3.63) is 29.9 Å². The number of aromatic amines is 1. The highest BCUT2D eigenvalue weighted by atomic mass is 31.2. The van der Waals surface area contributed by atoms with Crippen LogP contribution in [0.3, 0.4) is 0 Å². The molecule has 1 aromatic heterocycles. The Bertz CT molecular complexity index is 1120. The normalized spacial score (nSPS) is 25.8. The first kappa shape index (κ1) is 4.60. The zero-order valence-corrected chi connectivity index (χ0v) is 10.00. The summed E-state index contributed by atoms with van der Waals surface area (Å²) < 4.78 is 125. The summed E-state index contributed by atoms with van der Waals surface area (Å²) in [5.41, 5.74) is -1.82. The Morgan fingerprint density at radius 2 is 2.37 bits per heavy atom. The van der Waals surface area contributed by atoms with Crippen LogP contribution < -0.4 is 4.52 Å². The smallest absolute Gasteiger partial charge is 0.404 e. The quantitative estimate of drug-likeness (QED) is 0.732. The van der Waals surface area contributed by atoms with Gasteiger partial charge < -0.3 is 14.4 Å². The summed E-state index contributed by atoms with van der Waals surface area (Å²) in [6, 6.07) is -2.89. The minimum absolute atomic E-state index is 0.645. The van der Waals surface area contributed by atoms with Crippen LogP contribution >= 0.6 is 7.82 Å². The number of fused-ring (bicyclic) bond motifs is 1. The van der Waals surface area contributed by atoms with Crippen LogP contribution in [0.4, 0.5) is 0 Å². The molecule has 2 rings (SSSR count). The van der Waals surface area contributed by atoms with Gasteiger partial charge in [0.25, 0.3) is 0 Å². The summed E-state index contributed by atoms with van der Waals surface area (Å²) in [5, 5.41) is -0.903. The number of rotatable bonds is 5. The van der Waals surface area contributed by atoms with Crippen molar-refractivity contribution in [1.82, 2.24) is 9.88 Å². The van der Waals surface area contributed by atoms with Crippen LogP contribution in [0.1, 0.15) is 24.8 Å². The lowest BCUT2D eigenvalue weighted by molar-refractivity contribution is 0.284. The van der Waals surface area contributed by atoms with E-state index in [0.717, 1.165) is 0 Å². The largest absolute Gasteiger partial charge is 0.524 e. The van der Waals surface area contributed by atoms with E-state index >= 15 is 0 Å². The first-order valence-electron chi connectivity index (χ1n) is 11.6. The van der Waals surface area contributed by atoms with E-state index in [-0.39, 0.29) is 0 Å². The van der Waals surface area contributed by atoms with Crippen molar-refractivity contribution in [2.75, 3.05) is 20.4 Å². The van der Waals surface area contributed by atoms with Crippen LogP contribution in [0.25, 0.3) is 10.9 Å². The first-order valence-corrected chi connectivity index (χ1v) is 6.17. The molecule has 1 aromatic carbocycles. The number of H-pyrrole nitrogens is 1. The fraction of sp³-hybridized carbons (Fsp3) is 0.333. The van der Waals surface area contributed by atoms with Gasteiger partial charge in [-0.15, -0.1) is 0 Å². The molecule has 0 saturated heterocycles.